The molecular weight excluding hydrogens is 304 g/mol. The largest absolute Gasteiger partial charge is 0.377 e. The number of rotatable bonds is 6. The summed E-state index contributed by atoms with van der Waals surface area (Å²) in [5.41, 5.74) is 0. The first-order chi connectivity index (χ1) is 9.51. The molecule has 1 aliphatic heterocycles. The van der Waals surface area contributed by atoms with Crippen LogP contribution in [0.15, 0.2) is 4.34 Å². The molecule has 1 aliphatic rings. The van der Waals surface area contributed by atoms with Crippen LogP contribution in [0.1, 0.15) is 26.2 Å². The van der Waals surface area contributed by atoms with E-state index in [2.05, 4.69) is 20.2 Å². The molecule has 1 aromatic rings. The fourth-order valence-corrected chi connectivity index (χ4v) is 3.67. The second-order valence-electron chi connectivity index (χ2n) is 4.26. The average Bonchev–Trinajstić information content (AvgIpc) is 3.07. The molecule has 1 unspecified atom stereocenters. The summed E-state index contributed by atoms with van der Waals surface area (Å²) in [4.78, 5) is 11.2. The molecule has 1 amide bonds. The van der Waals surface area contributed by atoms with Crippen molar-refractivity contribution in [3.8, 4) is 0 Å². The van der Waals surface area contributed by atoms with E-state index in [1.54, 1.807) is 6.92 Å². The molecular formula is C10H16N4O4S2. The Bertz CT molecular complexity index is 566. The summed E-state index contributed by atoms with van der Waals surface area (Å²) < 4.78 is 31.6. The number of amides is 1. The van der Waals surface area contributed by atoms with E-state index in [9.17, 15) is 13.2 Å². The first-order valence-electron chi connectivity index (χ1n) is 6.26. The highest BCUT2D eigenvalue weighted by Crippen LogP contribution is 2.20. The van der Waals surface area contributed by atoms with Gasteiger partial charge in [-0.25, -0.2) is 13.1 Å². The van der Waals surface area contributed by atoms with E-state index in [0.29, 0.717) is 13.0 Å². The quantitative estimate of drug-likeness (QED) is 0.732. The lowest BCUT2D eigenvalue weighted by molar-refractivity contribution is -0.115. The minimum Gasteiger partial charge on any atom is -0.377 e. The van der Waals surface area contributed by atoms with Crippen molar-refractivity contribution in [3.05, 3.63) is 0 Å². The number of ether oxygens (including phenoxy) is 1. The zero-order valence-corrected chi connectivity index (χ0v) is 12.6. The molecule has 0 radical (unpaired) electrons. The van der Waals surface area contributed by atoms with Gasteiger partial charge in [0.2, 0.25) is 15.4 Å². The maximum absolute atomic E-state index is 12.0. The smallest absolute Gasteiger partial charge is 0.269 e. The van der Waals surface area contributed by atoms with Gasteiger partial charge in [0.1, 0.15) is 0 Å². The maximum Gasteiger partial charge on any atom is 0.269 e. The lowest BCUT2D eigenvalue weighted by Crippen LogP contribution is -2.31. The summed E-state index contributed by atoms with van der Waals surface area (Å²) in [6, 6.07) is 0. The minimum atomic E-state index is -3.71. The van der Waals surface area contributed by atoms with Crippen LogP contribution in [0.2, 0.25) is 0 Å². The van der Waals surface area contributed by atoms with E-state index in [-0.39, 0.29) is 28.0 Å². The zero-order chi connectivity index (χ0) is 14.6. The van der Waals surface area contributed by atoms with Gasteiger partial charge in [-0.1, -0.05) is 18.3 Å². The van der Waals surface area contributed by atoms with E-state index >= 15 is 0 Å². The zero-order valence-electron chi connectivity index (χ0n) is 11.0. The third kappa shape index (κ3) is 3.95. The van der Waals surface area contributed by atoms with Crippen molar-refractivity contribution in [2.24, 2.45) is 0 Å². The third-order valence-electron chi connectivity index (χ3n) is 2.73. The highest BCUT2D eigenvalue weighted by molar-refractivity contribution is 7.91. The van der Waals surface area contributed by atoms with Crippen LogP contribution in [0.4, 0.5) is 5.13 Å². The highest BCUT2D eigenvalue weighted by Gasteiger charge is 2.23. The number of aromatic nitrogens is 2. The van der Waals surface area contributed by atoms with Crippen molar-refractivity contribution in [1.29, 1.82) is 0 Å². The SMILES string of the molecule is CCC(=O)Nc1nnc(S(=O)(=O)NCC2CCCO2)s1. The summed E-state index contributed by atoms with van der Waals surface area (Å²) in [7, 11) is -3.71. The number of anilines is 1. The fourth-order valence-electron chi connectivity index (χ4n) is 1.65. The molecule has 0 saturated carbocycles. The molecule has 1 fully saturated rings. The number of sulfonamides is 1. The molecule has 1 atom stereocenters. The van der Waals surface area contributed by atoms with Crippen molar-refractivity contribution in [1.82, 2.24) is 14.9 Å². The van der Waals surface area contributed by atoms with Crippen LogP contribution >= 0.6 is 11.3 Å². The second-order valence-corrected chi connectivity index (χ2v) is 7.18. The lowest BCUT2D eigenvalue weighted by atomic mass is 10.2. The van der Waals surface area contributed by atoms with Crippen molar-refractivity contribution in [2.45, 2.75) is 36.6 Å². The maximum atomic E-state index is 12.0. The van der Waals surface area contributed by atoms with E-state index < -0.39 is 10.0 Å². The van der Waals surface area contributed by atoms with Crippen LogP contribution in [0.25, 0.3) is 0 Å². The Morgan fingerprint density at radius 1 is 1.50 bits per heavy atom. The molecule has 20 heavy (non-hydrogen) atoms. The Kier molecular flexibility index (Phi) is 5.02. The van der Waals surface area contributed by atoms with Crippen molar-refractivity contribution >= 4 is 32.4 Å². The number of carbonyl (C=O) groups excluding carboxylic acids is 1. The van der Waals surface area contributed by atoms with Gasteiger partial charge in [-0.15, -0.1) is 10.2 Å². The minimum absolute atomic E-state index is 0.0861. The third-order valence-corrected chi connectivity index (χ3v) is 5.36. The standard InChI is InChI=1S/C10H16N4O4S2/c1-2-8(15)12-9-13-14-10(19-9)20(16,17)11-6-7-4-3-5-18-7/h7,11H,2-6H2,1H3,(H,12,13,15). The van der Waals surface area contributed by atoms with Gasteiger partial charge in [-0.05, 0) is 12.8 Å². The van der Waals surface area contributed by atoms with Gasteiger partial charge in [-0.3, -0.25) is 4.79 Å². The van der Waals surface area contributed by atoms with Gasteiger partial charge >= 0.3 is 0 Å². The van der Waals surface area contributed by atoms with Crippen molar-refractivity contribution in [2.75, 3.05) is 18.5 Å². The molecule has 1 saturated heterocycles. The van der Waals surface area contributed by atoms with Crippen molar-refractivity contribution < 1.29 is 17.9 Å². The van der Waals surface area contributed by atoms with E-state index in [1.165, 1.54) is 0 Å². The monoisotopic (exact) mass is 320 g/mol. The Labute approximate surface area is 121 Å². The summed E-state index contributed by atoms with van der Waals surface area (Å²) in [6.45, 7) is 2.58. The van der Waals surface area contributed by atoms with Gasteiger partial charge in [0.05, 0.1) is 6.10 Å². The number of hydrogen-bond donors (Lipinski definition) is 2. The molecule has 2 rings (SSSR count). The Hall–Kier alpha value is -1.10. The van der Waals surface area contributed by atoms with Crippen LogP contribution in [0.5, 0.6) is 0 Å². The van der Waals surface area contributed by atoms with Gasteiger partial charge < -0.3 is 10.1 Å². The lowest BCUT2D eigenvalue weighted by Gasteiger charge is -2.09. The summed E-state index contributed by atoms with van der Waals surface area (Å²) in [6.07, 6.45) is 1.99. The highest BCUT2D eigenvalue weighted by atomic mass is 32.2. The van der Waals surface area contributed by atoms with Crippen molar-refractivity contribution in [3.63, 3.8) is 0 Å². The molecule has 0 aromatic carbocycles. The van der Waals surface area contributed by atoms with Crippen LogP contribution in [0.3, 0.4) is 0 Å². The molecule has 0 bridgehead atoms. The summed E-state index contributed by atoms with van der Waals surface area (Å²) >= 11 is 0.821. The summed E-state index contributed by atoms with van der Waals surface area (Å²) in [5, 5.41) is 9.86. The molecule has 10 heteroatoms. The van der Waals surface area contributed by atoms with Gasteiger partial charge in [0, 0.05) is 19.6 Å². The second kappa shape index (κ2) is 6.57. The summed E-state index contributed by atoms with van der Waals surface area (Å²) in [5.74, 6) is -0.239. The van der Waals surface area contributed by atoms with Crippen LogP contribution in [-0.4, -0.2) is 43.8 Å². The van der Waals surface area contributed by atoms with Gasteiger partial charge in [0.15, 0.2) is 0 Å². The Balaban J connectivity index is 1.96. The fraction of sp³-hybridized carbons (Fsp3) is 0.700. The molecule has 112 valence electrons. The van der Waals surface area contributed by atoms with Gasteiger partial charge in [0.25, 0.3) is 10.0 Å². The molecule has 2 N–H and O–H groups in total. The topological polar surface area (TPSA) is 110 Å². The van der Waals surface area contributed by atoms with Crippen LogP contribution in [0, 0.1) is 0 Å². The number of hydrogen-bond acceptors (Lipinski definition) is 7. The predicted molar refractivity (Wildman–Crippen MR) is 73.0 cm³/mol. The molecule has 2 heterocycles. The van der Waals surface area contributed by atoms with E-state index in [4.69, 9.17) is 4.74 Å². The number of carbonyl (C=O) groups is 1. The molecule has 0 aliphatic carbocycles. The Morgan fingerprint density at radius 2 is 2.30 bits per heavy atom. The first-order valence-corrected chi connectivity index (χ1v) is 8.56. The van der Waals surface area contributed by atoms with Crippen LogP contribution < -0.4 is 10.0 Å². The predicted octanol–water partition coefficient (Wildman–Crippen LogP) is 0.344. The molecule has 8 nitrogen and oxygen atoms in total. The van der Waals surface area contributed by atoms with Crippen LogP contribution in [-0.2, 0) is 19.6 Å². The number of nitrogens with zero attached hydrogens (tertiary/aromatic N) is 2. The van der Waals surface area contributed by atoms with E-state index in [0.717, 1.165) is 24.2 Å². The van der Waals surface area contributed by atoms with E-state index in [1.807, 2.05) is 0 Å². The molecule has 1 aromatic heterocycles. The molecule has 0 spiro atoms. The Morgan fingerprint density at radius 3 is 2.95 bits per heavy atom. The number of nitrogens with one attached hydrogen (secondary N) is 2. The first kappa shape index (κ1) is 15.3. The normalized spacial score (nSPS) is 19.1. The average molecular weight is 320 g/mol. The van der Waals surface area contributed by atoms with Gasteiger partial charge in [-0.2, -0.15) is 0 Å².